The van der Waals surface area contributed by atoms with Crippen LogP contribution in [0.3, 0.4) is 0 Å². The van der Waals surface area contributed by atoms with E-state index < -0.39 is 0 Å². The summed E-state index contributed by atoms with van der Waals surface area (Å²) in [4.78, 5) is 17.9. The Kier molecular flexibility index (Phi) is 3.18. The van der Waals surface area contributed by atoms with Gasteiger partial charge in [-0.2, -0.15) is 0 Å². The average molecular weight is 275 g/mol. The van der Waals surface area contributed by atoms with Gasteiger partial charge in [-0.25, -0.2) is 4.98 Å². The summed E-state index contributed by atoms with van der Waals surface area (Å²) >= 11 is 4.75. The normalized spacial score (nSPS) is 17.1. The highest BCUT2D eigenvalue weighted by molar-refractivity contribution is 9.10. The van der Waals surface area contributed by atoms with E-state index >= 15 is 0 Å². The number of halogens is 1. The van der Waals surface area contributed by atoms with Crippen molar-refractivity contribution in [3.63, 3.8) is 0 Å². The standard InChI is InChI=1S/C9H11BrN2OS/c10-8-7(6-13)14-9(11-8)12-4-2-1-3-5-12/h6H,1-5H2. The van der Waals surface area contributed by atoms with Gasteiger partial charge < -0.3 is 4.90 Å². The van der Waals surface area contributed by atoms with Crippen molar-refractivity contribution in [1.82, 2.24) is 4.98 Å². The van der Waals surface area contributed by atoms with E-state index in [1.165, 1.54) is 30.6 Å². The first kappa shape index (κ1) is 10.1. The number of anilines is 1. The second kappa shape index (κ2) is 4.40. The van der Waals surface area contributed by atoms with Crippen LogP contribution in [0.25, 0.3) is 0 Å². The van der Waals surface area contributed by atoms with Gasteiger partial charge in [-0.05, 0) is 35.2 Å². The average Bonchev–Trinajstić information content (AvgIpc) is 2.61. The third kappa shape index (κ3) is 1.98. The van der Waals surface area contributed by atoms with Gasteiger partial charge in [0.1, 0.15) is 9.48 Å². The van der Waals surface area contributed by atoms with E-state index in [1.54, 1.807) is 0 Å². The molecule has 0 radical (unpaired) electrons. The van der Waals surface area contributed by atoms with Crippen LogP contribution in [0.5, 0.6) is 0 Å². The molecular weight excluding hydrogens is 264 g/mol. The SMILES string of the molecule is O=Cc1sc(N2CCCCC2)nc1Br. The van der Waals surface area contributed by atoms with E-state index in [0.717, 1.165) is 24.5 Å². The van der Waals surface area contributed by atoms with E-state index in [1.807, 2.05) is 0 Å². The van der Waals surface area contributed by atoms with Crippen molar-refractivity contribution >= 4 is 38.7 Å². The van der Waals surface area contributed by atoms with Crippen LogP contribution in [0.15, 0.2) is 4.60 Å². The summed E-state index contributed by atoms with van der Waals surface area (Å²) in [5.41, 5.74) is 0. The molecule has 76 valence electrons. The first-order chi connectivity index (χ1) is 6.81. The monoisotopic (exact) mass is 274 g/mol. The molecule has 1 aliphatic rings. The van der Waals surface area contributed by atoms with Gasteiger partial charge >= 0.3 is 0 Å². The summed E-state index contributed by atoms with van der Waals surface area (Å²) in [6, 6.07) is 0. The Hall–Kier alpha value is -0.420. The van der Waals surface area contributed by atoms with Crippen molar-refractivity contribution in [2.45, 2.75) is 19.3 Å². The van der Waals surface area contributed by atoms with Crippen LogP contribution in [0.1, 0.15) is 28.9 Å². The molecule has 0 atom stereocenters. The lowest BCUT2D eigenvalue weighted by atomic mass is 10.1. The highest BCUT2D eigenvalue weighted by atomic mass is 79.9. The van der Waals surface area contributed by atoms with Gasteiger partial charge in [-0.1, -0.05) is 11.3 Å². The number of nitrogens with zero attached hydrogens (tertiary/aromatic N) is 2. The number of thiazole rings is 1. The zero-order valence-electron chi connectivity index (χ0n) is 7.70. The minimum absolute atomic E-state index is 0.679. The summed E-state index contributed by atoms with van der Waals surface area (Å²) in [5, 5.41) is 0.971. The molecule has 1 aromatic rings. The topological polar surface area (TPSA) is 33.2 Å². The molecule has 0 aromatic carbocycles. The van der Waals surface area contributed by atoms with Crippen LogP contribution in [0.4, 0.5) is 5.13 Å². The van der Waals surface area contributed by atoms with E-state index in [4.69, 9.17) is 0 Å². The highest BCUT2D eigenvalue weighted by Gasteiger charge is 2.16. The summed E-state index contributed by atoms with van der Waals surface area (Å²) < 4.78 is 0.679. The molecule has 0 aliphatic carbocycles. The van der Waals surface area contributed by atoms with Gasteiger partial charge in [-0.3, -0.25) is 4.79 Å². The number of piperidine rings is 1. The maximum Gasteiger partial charge on any atom is 0.187 e. The fourth-order valence-electron chi connectivity index (χ4n) is 1.60. The second-order valence-corrected chi connectivity index (χ2v) is 5.08. The molecule has 0 unspecified atom stereocenters. The van der Waals surface area contributed by atoms with Crippen molar-refractivity contribution in [1.29, 1.82) is 0 Å². The minimum atomic E-state index is 0.679. The molecular formula is C9H11BrN2OS. The Labute approximate surface area is 95.3 Å². The first-order valence-electron chi connectivity index (χ1n) is 4.67. The number of carbonyl (C=O) groups is 1. The molecule has 2 rings (SSSR count). The van der Waals surface area contributed by atoms with Crippen LogP contribution < -0.4 is 4.90 Å². The second-order valence-electron chi connectivity index (χ2n) is 3.32. The number of aromatic nitrogens is 1. The Morgan fingerprint density at radius 2 is 2.07 bits per heavy atom. The highest BCUT2D eigenvalue weighted by Crippen LogP contribution is 2.30. The van der Waals surface area contributed by atoms with Gasteiger partial charge in [0, 0.05) is 13.1 Å². The Morgan fingerprint density at radius 3 is 2.64 bits per heavy atom. The molecule has 5 heteroatoms. The number of rotatable bonds is 2. The Morgan fingerprint density at radius 1 is 1.36 bits per heavy atom. The Bertz CT molecular complexity index is 334. The number of hydrogen-bond acceptors (Lipinski definition) is 4. The van der Waals surface area contributed by atoms with Crippen molar-refractivity contribution in [2.75, 3.05) is 18.0 Å². The zero-order valence-corrected chi connectivity index (χ0v) is 10.1. The largest absolute Gasteiger partial charge is 0.348 e. The lowest BCUT2D eigenvalue weighted by Gasteiger charge is -2.25. The molecule has 14 heavy (non-hydrogen) atoms. The van der Waals surface area contributed by atoms with Crippen molar-refractivity contribution < 1.29 is 4.79 Å². The van der Waals surface area contributed by atoms with Crippen LogP contribution >= 0.6 is 27.3 Å². The lowest BCUT2D eigenvalue weighted by molar-refractivity contribution is 0.112. The minimum Gasteiger partial charge on any atom is -0.348 e. The quantitative estimate of drug-likeness (QED) is 0.778. The summed E-state index contributed by atoms with van der Waals surface area (Å²) in [7, 11) is 0. The van der Waals surface area contributed by atoms with Crippen LogP contribution in [-0.4, -0.2) is 24.4 Å². The van der Waals surface area contributed by atoms with E-state index in [0.29, 0.717) is 9.48 Å². The summed E-state index contributed by atoms with van der Waals surface area (Å²) in [5.74, 6) is 0. The maximum atomic E-state index is 10.6. The van der Waals surface area contributed by atoms with Crippen LogP contribution in [0.2, 0.25) is 0 Å². The molecule has 3 nitrogen and oxygen atoms in total. The van der Waals surface area contributed by atoms with Crippen molar-refractivity contribution in [3.8, 4) is 0 Å². The van der Waals surface area contributed by atoms with Crippen LogP contribution in [0, 0.1) is 0 Å². The molecule has 1 fully saturated rings. The summed E-state index contributed by atoms with van der Waals surface area (Å²) in [6.07, 6.45) is 4.63. The molecule has 0 saturated carbocycles. The van der Waals surface area contributed by atoms with Gasteiger partial charge in [0.05, 0.1) is 0 Å². The fourth-order valence-corrected chi connectivity index (χ4v) is 3.04. The van der Waals surface area contributed by atoms with Gasteiger partial charge in [-0.15, -0.1) is 0 Å². The Balaban J connectivity index is 2.18. The lowest BCUT2D eigenvalue weighted by Crippen LogP contribution is -2.29. The first-order valence-corrected chi connectivity index (χ1v) is 6.28. The number of carbonyl (C=O) groups excluding carboxylic acids is 1. The fraction of sp³-hybridized carbons (Fsp3) is 0.556. The van der Waals surface area contributed by atoms with E-state index in [9.17, 15) is 4.79 Å². The van der Waals surface area contributed by atoms with E-state index in [2.05, 4.69) is 25.8 Å². The van der Waals surface area contributed by atoms with Crippen molar-refractivity contribution in [2.24, 2.45) is 0 Å². The van der Waals surface area contributed by atoms with Gasteiger partial charge in [0.15, 0.2) is 11.4 Å². The molecule has 1 saturated heterocycles. The molecule has 0 amide bonds. The van der Waals surface area contributed by atoms with Gasteiger partial charge in [0.25, 0.3) is 0 Å². The molecule has 1 aliphatic heterocycles. The predicted octanol–water partition coefficient (Wildman–Crippen LogP) is 2.71. The van der Waals surface area contributed by atoms with Crippen molar-refractivity contribution in [3.05, 3.63) is 9.48 Å². The molecule has 0 N–H and O–H groups in total. The molecule has 0 bridgehead atoms. The maximum absolute atomic E-state index is 10.6. The predicted molar refractivity (Wildman–Crippen MR) is 61.3 cm³/mol. The summed E-state index contributed by atoms with van der Waals surface area (Å²) in [6.45, 7) is 2.14. The van der Waals surface area contributed by atoms with Crippen LogP contribution in [-0.2, 0) is 0 Å². The molecule has 2 heterocycles. The molecule has 0 spiro atoms. The number of hydrogen-bond donors (Lipinski definition) is 0. The number of aldehydes is 1. The smallest absolute Gasteiger partial charge is 0.187 e. The zero-order chi connectivity index (χ0) is 9.97. The van der Waals surface area contributed by atoms with Gasteiger partial charge in [0.2, 0.25) is 0 Å². The molecule has 1 aromatic heterocycles. The third-order valence-electron chi connectivity index (χ3n) is 2.33. The third-order valence-corrected chi connectivity index (χ3v) is 4.24. The van der Waals surface area contributed by atoms with E-state index in [-0.39, 0.29) is 0 Å².